The number of rotatable bonds is 6. The van der Waals surface area contributed by atoms with Crippen molar-refractivity contribution >= 4 is 52.1 Å². The molecule has 2 aromatic rings. The summed E-state index contributed by atoms with van der Waals surface area (Å²) in [5.74, 6) is 0.745. The summed E-state index contributed by atoms with van der Waals surface area (Å²) in [5.41, 5.74) is 9.93. The maximum atomic E-state index is 11.9. The summed E-state index contributed by atoms with van der Waals surface area (Å²) in [6, 6.07) is 9.32. The number of anilines is 3. The van der Waals surface area contributed by atoms with Gasteiger partial charge in [0, 0.05) is 17.9 Å². The van der Waals surface area contributed by atoms with E-state index in [1.165, 1.54) is 0 Å². The Morgan fingerprint density at radius 2 is 1.72 bits per heavy atom. The average molecular weight is 479 g/mol. The van der Waals surface area contributed by atoms with Gasteiger partial charge in [-0.05, 0) is 50.2 Å². The molecule has 0 radical (unpaired) electrons. The highest BCUT2D eigenvalue weighted by atomic mass is 35.5. The van der Waals surface area contributed by atoms with E-state index in [-0.39, 0.29) is 5.91 Å². The molecule has 0 saturated carbocycles. The van der Waals surface area contributed by atoms with E-state index >= 15 is 0 Å². The van der Waals surface area contributed by atoms with Gasteiger partial charge in [-0.3, -0.25) is 14.7 Å². The van der Waals surface area contributed by atoms with E-state index in [0.717, 1.165) is 43.0 Å². The number of benzene rings is 2. The topological polar surface area (TPSA) is 94.8 Å². The van der Waals surface area contributed by atoms with Crippen molar-refractivity contribution in [2.24, 2.45) is 4.99 Å². The third-order valence-corrected chi connectivity index (χ3v) is 5.59. The molecule has 0 atom stereocenters. The van der Waals surface area contributed by atoms with Crippen LogP contribution < -0.4 is 21.7 Å². The number of nitrogens with two attached hydrogens (primary N) is 1. The third-order valence-electron chi connectivity index (χ3n) is 4.99. The molecule has 1 heterocycles. The van der Waals surface area contributed by atoms with Gasteiger partial charge in [0.15, 0.2) is 5.96 Å². The zero-order valence-electron chi connectivity index (χ0n) is 19.1. The van der Waals surface area contributed by atoms with Gasteiger partial charge in [0.05, 0.1) is 28.8 Å². The Hall–Kier alpha value is -2.48. The molecule has 5 N–H and O–H groups in total. The summed E-state index contributed by atoms with van der Waals surface area (Å²) in [6.07, 6.45) is 0. The molecule has 0 unspecified atom stereocenters. The molecule has 2 aromatic carbocycles. The minimum Gasteiger partial charge on any atom is -0.399 e. The van der Waals surface area contributed by atoms with Gasteiger partial charge in [-0.25, -0.2) is 0 Å². The molecule has 0 bridgehead atoms. The molecule has 0 saturated heterocycles. The molecule has 1 aliphatic heterocycles. The van der Waals surface area contributed by atoms with Gasteiger partial charge >= 0.3 is 0 Å². The standard InChI is InChI=1S/C14H22N2O.C9H10Cl2N4/c1-5-16(6-2)10-13(17)15-14-11(3)8-7-9-12(14)4;10-6-3-5(12)4-7(11)8(6)15-9-13-1-2-14-9/h7-9H,5-6,10H2,1-4H3,(H,15,17);3-4H,1-2,12H2,(H2,13,14,15). The molecule has 32 heavy (non-hydrogen) atoms. The second-order valence-corrected chi connectivity index (χ2v) is 8.23. The van der Waals surface area contributed by atoms with Crippen LogP contribution in [0.2, 0.25) is 10.0 Å². The largest absolute Gasteiger partial charge is 0.399 e. The minimum atomic E-state index is 0.0612. The number of nitrogens with one attached hydrogen (secondary N) is 3. The van der Waals surface area contributed by atoms with Crippen molar-refractivity contribution in [1.82, 2.24) is 10.2 Å². The zero-order chi connectivity index (χ0) is 23.7. The highest BCUT2D eigenvalue weighted by Crippen LogP contribution is 2.32. The van der Waals surface area contributed by atoms with Crippen LogP contribution in [0.15, 0.2) is 35.3 Å². The number of aryl methyl sites for hydroxylation is 2. The van der Waals surface area contributed by atoms with Gasteiger partial charge in [0.25, 0.3) is 0 Å². The van der Waals surface area contributed by atoms with Crippen LogP contribution in [0.25, 0.3) is 0 Å². The normalized spacial score (nSPS) is 12.5. The van der Waals surface area contributed by atoms with E-state index in [1.807, 2.05) is 32.0 Å². The first-order chi connectivity index (χ1) is 15.2. The van der Waals surface area contributed by atoms with Crippen LogP contribution in [0.1, 0.15) is 25.0 Å². The molecule has 7 nitrogen and oxygen atoms in total. The molecule has 0 aromatic heterocycles. The van der Waals surface area contributed by atoms with Gasteiger partial charge < -0.3 is 21.7 Å². The lowest BCUT2D eigenvalue weighted by Gasteiger charge is -2.18. The molecule has 1 amide bonds. The summed E-state index contributed by atoms with van der Waals surface area (Å²) < 4.78 is 0. The Bertz CT molecular complexity index is 916. The fourth-order valence-corrected chi connectivity index (χ4v) is 3.75. The number of hydrogen-bond acceptors (Lipinski definition) is 6. The van der Waals surface area contributed by atoms with Gasteiger partial charge in [0.1, 0.15) is 0 Å². The molecule has 0 fully saturated rings. The van der Waals surface area contributed by atoms with Crippen molar-refractivity contribution in [2.45, 2.75) is 27.7 Å². The number of hydrogen-bond donors (Lipinski definition) is 4. The maximum absolute atomic E-state index is 11.9. The monoisotopic (exact) mass is 478 g/mol. The number of carbonyl (C=O) groups excluding carboxylic acids is 1. The summed E-state index contributed by atoms with van der Waals surface area (Å²) in [6.45, 7) is 12.0. The van der Waals surface area contributed by atoms with E-state index in [9.17, 15) is 4.79 Å². The van der Waals surface area contributed by atoms with E-state index in [2.05, 4.69) is 39.7 Å². The lowest BCUT2D eigenvalue weighted by atomic mass is 10.1. The minimum absolute atomic E-state index is 0.0612. The van der Waals surface area contributed by atoms with Crippen LogP contribution in [-0.4, -0.2) is 49.5 Å². The van der Waals surface area contributed by atoms with E-state index < -0.39 is 0 Å². The zero-order valence-corrected chi connectivity index (χ0v) is 20.6. The number of aliphatic imine (C=N–C) groups is 1. The van der Waals surface area contributed by atoms with Gasteiger partial charge in [-0.1, -0.05) is 55.2 Å². The van der Waals surface area contributed by atoms with Crippen molar-refractivity contribution < 1.29 is 4.79 Å². The smallest absolute Gasteiger partial charge is 0.238 e. The summed E-state index contributed by atoms with van der Waals surface area (Å²) >= 11 is 12.0. The Kier molecular flexibility index (Phi) is 10.1. The van der Waals surface area contributed by atoms with Crippen molar-refractivity contribution in [3.05, 3.63) is 51.5 Å². The molecule has 0 aliphatic carbocycles. The first kappa shape index (κ1) is 25.8. The summed E-state index contributed by atoms with van der Waals surface area (Å²) in [4.78, 5) is 18.2. The van der Waals surface area contributed by atoms with E-state index in [4.69, 9.17) is 28.9 Å². The molecular formula is C23H32Cl2N6O. The quantitative estimate of drug-likeness (QED) is 0.457. The first-order valence-corrected chi connectivity index (χ1v) is 11.4. The SMILES string of the molecule is CCN(CC)CC(=O)Nc1c(C)cccc1C.Nc1cc(Cl)c(NC2=NCCN2)c(Cl)c1. The predicted molar refractivity (Wildman–Crippen MR) is 137 cm³/mol. The van der Waals surface area contributed by atoms with Crippen molar-refractivity contribution in [1.29, 1.82) is 0 Å². The molecular weight excluding hydrogens is 447 g/mol. The molecule has 0 spiro atoms. The van der Waals surface area contributed by atoms with Gasteiger partial charge in [-0.15, -0.1) is 0 Å². The first-order valence-electron chi connectivity index (χ1n) is 10.6. The number of guanidine groups is 1. The van der Waals surface area contributed by atoms with Crippen LogP contribution in [-0.2, 0) is 4.79 Å². The van der Waals surface area contributed by atoms with Crippen molar-refractivity contribution in [3.8, 4) is 0 Å². The third kappa shape index (κ3) is 7.58. The van der Waals surface area contributed by atoms with E-state index in [0.29, 0.717) is 33.9 Å². The number of halogens is 2. The highest BCUT2D eigenvalue weighted by Gasteiger charge is 2.12. The summed E-state index contributed by atoms with van der Waals surface area (Å²) in [5, 5.41) is 10.1. The number of carbonyl (C=O) groups is 1. The Morgan fingerprint density at radius 3 is 2.22 bits per heavy atom. The predicted octanol–water partition coefficient (Wildman–Crippen LogP) is 4.53. The van der Waals surface area contributed by atoms with Crippen LogP contribution in [0, 0.1) is 13.8 Å². The number of likely N-dealkylation sites (N-methyl/N-ethyl adjacent to an activating group) is 1. The number of nitrogen functional groups attached to an aromatic ring is 1. The van der Waals surface area contributed by atoms with Crippen LogP contribution in [0.4, 0.5) is 17.1 Å². The van der Waals surface area contributed by atoms with Gasteiger partial charge in [-0.2, -0.15) is 0 Å². The van der Waals surface area contributed by atoms with Crippen LogP contribution in [0.3, 0.4) is 0 Å². The molecule has 9 heteroatoms. The average Bonchev–Trinajstić information content (AvgIpc) is 3.25. The second kappa shape index (κ2) is 12.5. The summed E-state index contributed by atoms with van der Waals surface area (Å²) in [7, 11) is 0. The Morgan fingerprint density at radius 1 is 1.12 bits per heavy atom. The van der Waals surface area contributed by atoms with Crippen LogP contribution in [0.5, 0.6) is 0 Å². The number of para-hydroxylation sites is 1. The van der Waals surface area contributed by atoms with Crippen LogP contribution >= 0.6 is 23.2 Å². The lowest BCUT2D eigenvalue weighted by molar-refractivity contribution is -0.117. The maximum Gasteiger partial charge on any atom is 0.238 e. The molecule has 3 rings (SSSR count). The second-order valence-electron chi connectivity index (χ2n) is 7.42. The van der Waals surface area contributed by atoms with Crippen molar-refractivity contribution in [2.75, 3.05) is 49.1 Å². The lowest BCUT2D eigenvalue weighted by Crippen LogP contribution is -2.33. The molecule has 1 aliphatic rings. The Labute approximate surface area is 200 Å². The number of nitrogens with zero attached hydrogens (tertiary/aromatic N) is 2. The molecule has 174 valence electrons. The van der Waals surface area contributed by atoms with Crippen molar-refractivity contribution in [3.63, 3.8) is 0 Å². The fourth-order valence-electron chi connectivity index (χ4n) is 3.15. The number of amides is 1. The highest BCUT2D eigenvalue weighted by molar-refractivity contribution is 6.40. The fraction of sp³-hybridized carbons (Fsp3) is 0.391. The van der Waals surface area contributed by atoms with Gasteiger partial charge in [0.2, 0.25) is 5.91 Å². The van der Waals surface area contributed by atoms with E-state index in [1.54, 1.807) is 12.1 Å². The Balaban J connectivity index is 0.000000228.